The molecule has 0 spiro atoms. The van der Waals surface area contributed by atoms with E-state index in [-0.39, 0.29) is 0 Å². The molecular formula is C11H14BrNO. The summed E-state index contributed by atoms with van der Waals surface area (Å²) < 4.78 is 6.17. The molecule has 0 amide bonds. The number of methoxy groups -OCH3 is 1. The van der Waals surface area contributed by atoms with E-state index >= 15 is 0 Å². The number of hydrogen-bond acceptors (Lipinski definition) is 2. The van der Waals surface area contributed by atoms with Gasteiger partial charge in [0.15, 0.2) is 0 Å². The van der Waals surface area contributed by atoms with E-state index in [4.69, 9.17) is 10.5 Å². The normalized spacial score (nSPS) is 9.93. The highest BCUT2D eigenvalue weighted by molar-refractivity contribution is 9.10. The van der Waals surface area contributed by atoms with Crippen molar-refractivity contribution in [2.75, 3.05) is 13.7 Å². The maximum Gasteiger partial charge on any atom is 0.119 e. The SMILES string of the molecule is C=C(CCN)c1cc(OC)ccc1Br. The van der Waals surface area contributed by atoms with Crippen molar-refractivity contribution in [2.24, 2.45) is 5.73 Å². The molecule has 0 aliphatic rings. The van der Waals surface area contributed by atoms with Gasteiger partial charge in [-0.05, 0) is 42.3 Å². The van der Waals surface area contributed by atoms with Crippen LogP contribution in [-0.2, 0) is 0 Å². The third kappa shape index (κ3) is 2.59. The lowest BCUT2D eigenvalue weighted by molar-refractivity contribution is 0.414. The summed E-state index contributed by atoms with van der Waals surface area (Å²) in [6.45, 7) is 4.60. The zero-order valence-corrected chi connectivity index (χ0v) is 9.80. The Hall–Kier alpha value is -0.800. The Morgan fingerprint density at radius 2 is 2.29 bits per heavy atom. The van der Waals surface area contributed by atoms with Crippen LogP contribution in [0, 0.1) is 0 Å². The average molecular weight is 256 g/mol. The minimum atomic E-state index is 0.614. The maximum atomic E-state index is 5.48. The predicted octanol–water partition coefficient (Wildman–Crippen LogP) is 2.82. The lowest BCUT2D eigenvalue weighted by Crippen LogP contribution is -1.99. The number of nitrogens with two attached hydrogens (primary N) is 1. The fraction of sp³-hybridized carbons (Fsp3) is 0.273. The third-order valence-electron chi connectivity index (χ3n) is 2.00. The second-order valence-electron chi connectivity index (χ2n) is 2.99. The predicted molar refractivity (Wildman–Crippen MR) is 63.4 cm³/mol. The number of ether oxygens (including phenoxy) is 1. The van der Waals surface area contributed by atoms with Gasteiger partial charge in [-0.2, -0.15) is 0 Å². The van der Waals surface area contributed by atoms with Gasteiger partial charge in [0.1, 0.15) is 5.75 Å². The Bertz CT molecular complexity index is 336. The fourth-order valence-corrected chi connectivity index (χ4v) is 1.74. The molecule has 0 radical (unpaired) electrons. The lowest BCUT2D eigenvalue weighted by atomic mass is 10.0. The Morgan fingerprint density at radius 3 is 2.86 bits per heavy atom. The highest BCUT2D eigenvalue weighted by Crippen LogP contribution is 2.28. The molecule has 1 aromatic carbocycles. The molecule has 0 fully saturated rings. The zero-order valence-electron chi connectivity index (χ0n) is 8.22. The zero-order chi connectivity index (χ0) is 10.6. The Kier molecular flexibility index (Phi) is 4.17. The van der Waals surface area contributed by atoms with Crippen molar-refractivity contribution in [1.29, 1.82) is 0 Å². The van der Waals surface area contributed by atoms with E-state index in [0.717, 1.165) is 27.8 Å². The molecule has 0 saturated heterocycles. The molecule has 1 rings (SSSR count). The first-order chi connectivity index (χ1) is 6.69. The molecule has 2 nitrogen and oxygen atoms in total. The van der Waals surface area contributed by atoms with Crippen LogP contribution in [0.1, 0.15) is 12.0 Å². The van der Waals surface area contributed by atoms with Crippen molar-refractivity contribution in [2.45, 2.75) is 6.42 Å². The van der Waals surface area contributed by atoms with Gasteiger partial charge >= 0.3 is 0 Å². The van der Waals surface area contributed by atoms with E-state index in [9.17, 15) is 0 Å². The Morgan fingerprint density at radius 1 is 1.57 bits per heavy atom. The van der Waals surface area contributed by atoms with E-state index in [1.165, 1.54) is 0 Å². The van der Waals surface area contributed by atoms with E-state index in [2.05, 4.69) is 22.5 Å². The summed E-state index contributed by atoms with van der Waals surface area (Å²) in [6, 6.07) is 5.82. The van der Waals surface area contributed by atoms with Crippen molar-refractivity contribution in [3.05, 3.63) is 34.8 Å². The van der Waals surface area contributed by atoms with Crippen LogP contribution in [-0.4, -0.2) is 13.7 Å². The van der Waals surface area contributed by atoms with Gasteiger partial charge in [-0.25, -0.2) is 0 Å². The molecule has 2 N–H and O–H groups in total. The monoisotopic (exact) mass is 255 g/mol. The molecule has 0 bridgehead atoms. The van der Waals surface area contributed by atoms with E-state index in [1.807, 2.05) is 18.2 Å². The van der Waals surface area contributed by atoms with Crippen molar-refractivity contribution in [3.63, 3.8) is 0 Å². The first kappa shape index (κ1) is 11.3. The third-order valence-corrected chi connectivity index (χ3v) is 2.69. The summed E-state index contributed by atoms with van der Waals surface area (Å²) >= 11 is 3.47. The smallest absolute Gasteiger partial charge is 0.119 e. The molecule has 0 saturated carbocycles. The first-order valence-electron chi connectivity index (χ1n) is 4.40. The van der Waals surface area contributed by atoms with Crippen LogP contribution < -0.4 is 10.5 Å². The highest BCUT2D eigenvalue weighted by Gasteiger charge is 2.04. The summed E-state index contributed by atoms with van der Waals surface area (Å²) in [7, 11) is 1.65. The van der Waals surface area contributed by atoms with Gasteiger partial charge in [0.05, 0.1) is 7.11 Å². The van der Waals surface area contributed by atoms with Crippen LogP contribution in [0.5, 0.6) is 5.75 Å². The van der Waals surface area contributed by atoms with E-state index in [1.54, 1.807) is 7.11 Å². The number of halogens is 1. The molecule has 0 heterocycles. The second-order valence-corrected chi connectivity index (χ2v) is 3.84. The average Bonchev–Trinajstić information content (AvgIpc) is 2.19. The topological polar surface area (TPSA) is 35.2 Å². The quantitative estimate of drug-likeness (QED) is 0.899. The van der Waals surface area contributed by atoms with Crippen LogP contribution in [0.4, 0.5) is 0 Å². The Labute approximate surface area is 92.9 Å². The largest absolute Gasteiger partial charge is 0.497 e. The van der Waals surface area contributed by atoms with Gasteiger partial charge in [0.25, 0.3) is 0 Å². The minimum absolute atomic E-state index is 0.614. The van der Waals surface area contributed by atoms with Gasteiger partial charge in [0.2, 0.25) is 0 Å². The van der Waals surface area contributed by atoms with Gasteiger partial charge in [-0.15, -0.1) is 0 Å². The lowest BCUT2D eigenvalue weighted by Gasteiger charge is -2.09. The second kappa shape index (κ2) is 5.17. The molecule has 3 heteroatoms. The van der Waals surface area contributed by atoms with Gasteiger partial charge in [0, 0.05) is 4.47 Å². The summed E-state index contributed by atoms with van der Waals surface area (Å²) in [5.74, 6) is 0.835. The summed E-state index contributed by atoms with van der Waals surface area (Å²) in [6.07, 6.45) is 0.797. The van der Waals surface area contributed by atoms with Gasteiger partial charge in [-0.3, -0.25) is 0 Å². The molecule has 0 unspecified atom stereocenters. The van der Waals surface area contributed by atoms with Gasteiger partial charge < -0.3 is 10.5 Å². The van der Waals surface area contributed by atoms with Crippen molar-refractivity contribution >= 4 is 21.5 Å². The van der Waals surface area contributed by atoms with E-state index in [0.29, 0.717) is 6.54 Å². The van der Waals surface area contributed by atoms with Crippen LogP contribution >= 0.6 is 15.9 Å². The van der Waals surface area contributed by atoms with Gasteiger partial charge in [-0.1, -0.05) is 22.5 Å². The number of benzene rings is 1. The van der Waals surface area contributed by atoms with E-state index < -0.39 is 0 Å². The molecule has 0 aromatic heterocycles. The minimum Gasteiger partial charge on any atom is -0.497 e. The molecule has 14 heavy (non-hydrogen) atoms. The molecular weight excluding hydrogens is 242 g/mol. The molecule has 0 atom stereocenters. The van der Waals surface area contributed by atoms with Crippen LogP contribution in [0.2, 0.25) is 0 Å². The summed E-state index contributed by atoms with van der Waals surface area (Å²) in [4.78, 5) is 0. The number of hydrogen-bond donors (Lipinski definition) is 1. The summed E-state index contributed by atoms with van der Waals surface area (Å²) in [5, 5.41) is 0. The molecule has 0 aliphatic heterocycles. The van der Waals surface area contributed by atoms with Crippen molar-refractivity contribution in [3.8, 4) is 5.75 Å². The fourth-order valence-electron chi connectivity index (χ4n) is 1.21. The van der Waals surface area contributed by atoms with Crippen LogP contribution in [0.25, 0.3) is 5.57 Å². The Balaban J connectivity index is 2.99. The first-order valence-corrected chi connectivity index (χ1v) is 5.20. The molecule has 0 aliphatic carbocycles. The molecule has 1 aromatic rings. The maximum absolute atomic E-state index is 5.48. The standard InChI is InChI=1S/C11H14BrNO/c1-8(5-6-13)10-7-9(14-2)3-4-11(10)12/h3-4,7H,1,5-6,13H2,2H3. The summed E-state index contributed by atoms with van der Waals surface area (Å²) in [5.41, 5.74) is 7.57. The molecule has 76 valence electrons. The number of rotatable bonds is 4. The highest BCUT2D eigenvalue weighted by atomic mass is 79.9. The van der Waals surface area contributed by atoms with Crippen molar-refractivity contribution < 1.29 is 4.74 Å². The van der Waals surface area contributed by atoms with Crippen molar-refractivity contribution in [1.82, 2.24) is 0 Å². The van der Waals surface area contributed by atoms with Crippen LogP contribution in [0.3, 0.4) is 0 Å². The van der Waals surface area contributed by atoms with Crippen LogP contribution in [0.15, 0.2) is 29.3 Å².